The Hall–Kier alpha value is -2.88. The molecule has 0 saturated heterocycles. The molecular formula is C20H21F3N2O4S. The Kier molecular flexibility index (Phi) is 8.40. The van der Waals surface area contributed by atoms with E-state index in [1.807, 2.05) is 0 Å². The van der Waals surface area contributed by atoms with Crippen LogP contribution in [0.25, 0.3) is 0 Å². The van der Waals surface area contributed by atoms with Crippen LogP contribution < -0.4 is 20.1 Å². The lowest BCUT2D eigenvalue weighted by molar-refractivity contribution is -0.123. The van der Waals surface area contributed by atoms with Gasteiger partial charge in [-0.05, 0) is 60.6 Å². The number of benzene rings is 2. The summed E-state index contributed by atoms with van der Waals surface area (Å²) in [6.45, 7) is 2.33. The molecule has 0 unspecified atom stereocenters. The third kappa shape index (κ3) is 7.51. The zero-order valence-corrected chi connectivity index (χ0v) is 17.2. The minimum atomic E-state index is -4.38. The van der Waals surface area contributed by atoms with E-state index in [4.69, 9.17) is 9.47 Å². The highest BCUT2D eigenvalue weighted by Crippen LogP contribution is 2.36. The van der Waals surface area contributed by atoms with Crippen molar-refractivity contribution in [1.82, 2.24) is 10.6 Å². The largest absolute Gasteiger partial charge is 0.493 e. The summed E-state index contributed by atoms with van der Waals surface area (Å²) in [5.41, 5.74) is -3.41. The second-order valence-corrected chi connectivity index (χ2v) is 7.12. The number of amides is 2. The maximum atomic E-state index is 12.4. The van der Waals surface area contributed by atoms with Crippen molar-refractivity contribution in [3.8, 4) is 11.5 Å². The fraction of sp³-hybridized carbons (Fsp3) is 0.300. The van der Waals surface area contributed by atoms with E-state index in [0.29, 0.717) is 18.0 Å². The second-order valence-electron chi connectivity index (χ2n) is 5.98. The van der Waals surface area contributed by atoms with Crippen LogP contribution in [0.1, 0.15) is 22.8 Å². The molecule has 0 spiro atoms. The predicted octanol–water partition coefficient (Wildman–Crippen LogP) is 3.75. The van der Waals surface area contributed by atoms with Gasteiger partial charge in [-0.3, -0.25) is 9.59 Å². The van der Waals surface area contributed by atoms with E-state index in [2.05, 4.69) is 10.6 Å². The summed E-state index contributed by atoms with van der Waals surface area (Å²) in [6, 6.07) is 10.2. The van der Waals surface area contributed by atoms with Gasteiger partial charge in [0.25, 0.3) is 11.8 Å². The van der Waals surface area contributed by atoms with Crippen molar-refractivity contribution in [2.75, 3.05) is 20.3 Å². The van der Waals surface area contributed by atoms with Crippen LogP contribution in [0.2, 0.25) is 0 Å². The Bertz CT molecular complexity index is 873. The SMILES string of the molecule is CCNC(=O)COc1ccc(CNC(=O)c2ccc(SC(F)(F)F)cc2)cc1OC. The molecular weight excluding hydrogens is 421 g/mol. The third-order valence-electron chi connectivity index (χ3n) is 3.76. The van der Waals surface area contributed by atoms with E-state index in [1.165, 1.54) is 31.4 Å². The molecule has 0 aliphatic heterocycles. The summed E-state index contributed by atoms with van der Waals surface area (Å²) >= 11 is -0.237. The van der Waals surface area contributed by atoms with E-state index in [0.717, 1.165) is 5.56 Å². The van der Waals surface area contributed by atoms with E-state index in [-0.39, 0.29) is 41.3 Å². The van der Waals surface area contributed by atoms with Crippen LogP contribution in [-0.2, 0) is 11.3 Å². The number of ether oxygens (including phenoxy) is 2. The van der Waals surface area contributed by atoms with Gasteiger partial charge in [0.05, 0.1) is 7.11 Å². The summed E-state index contributed by atoms with van der Waals surface area (Å²) in [6.07, 6.45) is 0. The minimum Gasteiger partial charge on any atom is -0.493 e. The first-order chi connectivity index (χ1) is 14.2. The molecule has 2 aromatic rings. The van der Waals surface area contributed by atoms with Gasteiger partial charge in [0.2, 0.25) is 0 Å². The van der Waals surface area contributed by atoms with Crippen molar-refractivity contribution in [3.05, 3.63) is 53.6 Å². The number of thioether (sulfide) groups is 1. The number of likely N-dealkylation sites (N-methyl/N-ethyl adjacent to an activating group) is 1. The van der Waals surface area contributed by atoms with Gasteiger partial charge in [-0.15, -0.1) is 0 Å². The molecule has 0 aliphatic carbocycles. The summed E-state index contributed by atoms with van der Waals surface area (Å²) in [5, 5.41) is 5.31. The third-order valence-corrected chi connectivity index (χ3v) is 4.50. The first kappa shape index (κ1) is 23.4. The van der Waals surface area contributed by atoms with Gasteiger partial charge in [0.15, 0.2) is 18.1 Å². The zero-order chi connectivity index (χ0) is 22.1. The maximum Gasteiger partial charge on any atom is 0.446 e. The molecule has 30 heavy (non-hydrogen) atoms. The predicted molar refractivity (Wildman–Crippen MR) is 107 cm³/mol. The Morgan fingerprint density at radius 2 is 1.73 bits per heavy atom. The first-order valence-corrected chi connectivity index (χ1v) is 9.74. The van der Waals surface area contributed by atoms with Crippen LogP contribution in [-0.4, -0.2) is 37.6 Å². The molecule has 2 amide bonds. The smallest absolute Gasteiger partial charge is 0.446 e. The van der Waals surface area contributed by atoms with E-state index < -0.39 is 11.4 Å². The number of methoxy groups -OCH3 is 1. The number of halogens is 3. The number of carbonyl (C=O) groups is 2. The molecule has 0 saturated carbocycles. The fourth-order valence-electron chi connectivity index (χ4n) is 2.43. The zero-order valence-electron chi connectivity index (χ0n) is 16.3. The molecule has 2 rings (SSSR count). The Morgan fingerprint density at radius 3 is 2.33 bits per heavy atom. The molecule has 0 radical (unpaired) electrons. The van der Waals surface area contributed by atoms with Crippen LogP contribution in [0.3, 0.4) is 0 Å². The molecule has 6 nitrogen and oxygen atoms in total. The van der Waals surface area contributed by atoms with Crippen LogP contribution >= 0.6 is 11.8 Å². The lowest BCUT2D eigenvalue weighted by Crippen LogP contribution is -2.28. The lowest BCUT2D eigenvalue weighted by Gasteiger charge is -2.13. The number of hydrogen-bond donors (Lipinski definition) is 2. The first-order valence-electron chi connectivity index (χ1n) is 8.92. The van der Waals surface area contributed by atoms with E-state index in [9.17, 15) is 22.8 Å². The van der Waals surface area contributed by atoms with Crippen molar-refractivity contribution >= 4 is 23.6 Å². The standard InChI is InChI=1S/C20H21F3N2O4S/c1-3-24-18(26)12-29-16-9-4-13(10-17(16)28-2)11-25-19(27)14-5-7-15(8-6-14)30-20(21,22)23/h4-10H,3,11-12H2,1-2H3,(H,24,26)(H,25,27). The topological polar surface area (TPSA) is 76.7 Å². The average molecular weight is 442 g/mol. The van der Waals surface area contributed by atoms with E-state index in [1.54, 1.807) is 25.1 Å². The van der Waals surface area contributed by atoms with Gasteiger partial charge in [-0.1, -0.05) is 6.07 Å². The number of carbonyl (C=O) groups excluding carboxylic acids is 2. The molecule has 0 aromatic heterocycles. The molecule has 2 aromatic carbocycles. The molecule has 0 bridgehead atoms. The van der Waals surface area contributed by atoms with Crippen LogP contribution in [0, 0.1) is 0 Å². The second kappa shape index (κ2) is 10.8. The Labute approximate surface area is 176 Å². The maximum absolute atomic E-state index is 12.4. The molecule has 162 valence electrons. The van der Waals surface area contributed by atoms with Gasteiger partial charge < -0.3 is 20.1 Å². The quantitative estimate of drug-likeness (QED) is 0.579. The monoisotopic (exact) mass is 442 g/mol. The van der Waals surface area contributed by atoms with Gasteiger partial charge in [0, 0.05) is 23.5 Å². The highest BCUT2D eigenvalue weighted by molar-refractivity contribution is 8.00. The van der Waals surface area contributed by atoms with E-state index >= 15 is 0 Å². The molecule has 0 atom stereocenters. The highest BCUT2D eigenvalue weighted by atomic mass is 32.2. The average Bonchev–Trinajstić information content (AvgIpc) is 2.70. The van der Waals surface area contributed by atoms with Crippen LogP contribution in [0.4, 0.5) is 13.2 Å². The lowest BCUT2D eigenvalue weighted by atomic mass is 10.1. The highest BCUT2D eigenvalue weighted by Gasteiger charge is 2.29. The van der Waals surface area contributed by atoms with Crippen molar-refractivity contribution in [1.29, 1.82) is 0 Å². The van der Waals surface area contributed by atoms with Crippen LogP contribution in [0.15, 0.2) is 47.4 Å². The molecule has 10 heteroatoms. The van der Waals surface area contributed by atoms with Crippen molar-refractivity contribution in [2.24, 2.45) is 0 Å². The van der Waals surface area contributed by atoms with Gasteiger partial charge in [0.1, 0.15) is 0 Å². The van der Waals surface area contributed by atoms with Crippen molar-refractivity contribution < 1.29 is 32.2 Å². The summed E-state index contributed by atoms with van der Waals surface area (Å²) in [5.74, 6) is 0.112. The normalized spacial score (nSPS) is 11.0. The molecule has 2 N–H and O–H groups in total. The van der Waals surface area contributed by atoms with Gasteiger partial charge in [-0.25, -0.2) is 0 Å². The number of hydrogen-bond acceptors (Lipinski definition) is 5. The summed E-state index contributed by atoms with van der Waals surface area (Å²) in [4.78, 5) is 23.7. The van der Waals surface area contributed by atoms with Crippen LogP contribution in [0.5, 0.6) is 11.5 Å². The van der Waals surface area contributed by atoms with Crippen molar-refractivity contribution in [3.63, 3.8) is 0 Å². The molecule has 0 heterocycles. The minimum absolute atomic E-state index is 0.00648. The van der Waals surface area contributed by atoms with Gasteiger partial charge >= 0.3 is 5.51 Å². The fourth-order valence-corrected chi connectivity index (χ4v) is 2.96. The summed E-state index contributed by atoms with van der Waals surface area (Å²) < 4.78 is 47.8. The summed E-state index contributed by atoms with van der Waals surface area (Å²) in [7, 11) is 1.46. The molecule has 0 fully saturated rings. The Balaban J connectivity index is 1.94. The molecule has 0 aliphatic rings. The number of rotatable bonds is 9. The Morgan fingerprint density at radius 1 is 1.03 bits per heavy atom. The van der Waals surface area contributed by atoms with Crippen molar-refractivity contribution in [2.45, 2.75) is 23.9 Å². The number of nitrogens with one attached hydrogen (secondary N) is 2. The number of alkyl halides is 3. The van der Waals surface area contributed by atoms with Gasteiger partial charge in [-0.2, -0.15) is 13.2 Å².